The van der Waals surface area contributed by atoms with Crippen molar-refractivity contribution in [3.05, 3.63) is 68.9 Å². The van der Waals surface area contributed by atoms with Gasteiger partial charge in [0.25, 0.3) is 5.91 Å². The second-order valence-electron chi connectivity index (χ2n) is 8.70. The summed E-state index contributed by atoms with van der Waals surface area (Å²) in [5.41, 5.74) is -2.93. The van der Waals surface area contributed by atoms with E-state index in [1.54, 1.807) is 6.92 Å². The highest BCUT2D eigenvalue weighted by atomic mass is 35.5. The summed E-state index contributed by atoms with van der Waals surface area (Å²) in [5.74, 6) is -2.59. The fourth-order valence-electron chi connectivity index (χ4n) is 3.59. The first-order valence-corrected chi connectivity index (χ1v) is 11.4. The fraction of sp³-hybridized carbons (Fsp3) is 0.375. The summed E-state index contributed by atoms with van der Waals surface area (Å²) < 4.78 is 37.3. The molecule has 0 bridgehead atoms. The van der Waals surface area contributed by atoms with E-state index in [-0.39, 0.29) is 39.6 Å². The molecule has 8 nitrogen and oxygen atoms in total. The zero-order valence-electron chi connectivity index (χ0n) is 20.0. The van der Waals surface area contributed by atoms with Gasteiger partial charge in [-0.1, -0.05) is 31.0 Å². The number of hydrogen-bond donors (Lipinski definition) is 2. The van der Waals surface area contributed by atoms with Crippen molar-refractivity contribution in [1.29, 1.82) is 0 Å². The molecule has 188 valence electrons. The van der Waals surface area contributed by atoms with Gasteiger partial charge in [0.2, 0.25) is 0 Å². The molecule has 0 fully saturated rings. The van der Waals surface area contributed by atoms with Crippen molar-refractivity contribution in [2.75, 3.05) is 5.32 Å². The SMILES string of the molecule is CCCC(C)Oc1cc(-n2nc(C(C)(C)O)n(C)c2=O)c(F)cc1C(=O)Nc1c(F)cccc1Cl. The number of rotatable bonds is 8. The first-order valence-electron chi connectivity index (χ1n) is 11.0. The highest BCUT2D eigenvalue weighted by Gasteiger charge is 2.28. The van der Waals surface area contributed by atoms with Crippen LogP contribution in [-0.4, -0.2) is 31.5 Å². The fourth-order valence-corrected chi connectivity index (χ4v) is 3.80. The molecule has 35 heavy (non-hydrogen) atoms. The van der Waals surface area contributed by atoms with Gasteiger partial charge in [0.1, 0.15) is 28.7 Å². The van der Waals surface area contributed by atoms with Gasteiger partial charge in [0.15, 0.2) is 5.82 Å². The number of hydrogen-bond acceptors (Lipinski definition) is 5. The highest BCUT2D eigenvalue weighted by molar-refractivity contribution is 6.34. The van der Waals surface area contributed by atoms with Crippen LogP contribution in [0, 0.1) is 11.6 Å². The molecule has 3 aromatic rings. The second-order valence-corrected chi connectivity index (χ2v) is 9.11. The molecule has 0 aliphatic carbocycles. The maximum Gasteiger partial charge on any atom is 0.350 e. The first-order chi connectivity index (χ1) is 16.3. The van der Waals surface area contributed by atoms with Gasteiger partial charge in [-0.2, -0.15) is 4.68 Å². The molecule has 3 rings (SSSR count). The van der Waals surface area contributed by atoms with Gasteiger partial charge in [-0.05, 0) is 45.4 Å². The molecule has 1 aromatic heterocycles. The predicted octanol–water partition coefficient (Wildman–Crippen LogP) is 4.55. The molecule has 1 atom stereocenters. The van der Waals surface area contributed by atoms with Gasteiger partial charge in [-0.3, -0.25) is 9.36 Å². The van der Waals surface area contributed by atoms with Gasteiger partial charge in [-0.25, -0.2) is 13.6 Å². The lowest BCUT2D eigenvalue weighted by molar-refractivity contribution is 0.0649. The standard InChI is InChI=1S/C24H27ClF2N4O4/c1-6-8-13(2)35-19-12-18(31-23(33)30(5)22(29-31)24(3,4)34)17(27)11-14(19)21(32)28-20-15(25)9-7-10-16(20)26/h7,9-13,34H,6,8H2,1-5H3,(H,28,32). The number of carbonyl (C=O) groups is 1. The number of anilines is 1. The molecule has 11 heteroatoms. The van der Waals surface area contributed by atoms with Crippen LogP contribution in [0.4, 0.5) is 14.5 Å². The Morgan fingerprint density at radius 2 is 1.97 bits per heavy atom. The summed E-state index contributed by atoms with van der Waals surface area (Å²) in [6.07, 6.45) is 1.07. The molecule has 0 spiro atoms. The maximum absolute atomic E-state index is 15.3. The summed E-state index contributed by atoms with van der Waals surface area (Å²) >= 11 is 6.01. The van der Waals surface area contributed by atoms with Crippen LogP contribution in [0.25, 0.3) is 5.69 Å². The molecule has 2 N–H and O–H groups in total. The molecule has 2 aromatic carbocycles. The first kappa shape index (κ1) is 26.4. The summed E-state index contributed by atoms with van der Waals surface area (Å²) in [7, 11) is 1.40. The number of aromatic nitrogens is 3. The van der Waals surface area contributed by atoms with E-state index in [4.69, 9.17) is 16.3 Å². The normalized spacial score (nSPS) is 12.5. The number of aliphatic hydroxyl groups is 1. The van der Waals surface area contributed by atoms with E-state index in [0.717, 1.165) is 27.8 Å². The van der Waals surface area contributed by atoms with Gasteiger partial charge in [0, 0.05) is 13.1 Å². The molecule has 1 amide bonds. The van der Waals surface area contributed by atoms with Crippen molar-refractivity contribution in [1.82, 2.24) is 14.3 Å². The number of benzene rings is 2. The third kappa shape index (κ3) is 5.54. The average molecular weight is 509 g/mol. The molecule has 0 radical (unpaired) electrons. The van der Waals surface area contributed by atoms with E-state index in [9.17, 15) is 19.1 Å². The molecule has 1 heterocycles. The molecule has 0 aliphatic heterocycles. The summed E-state index contributed by atoms with van der Waals surface area (Å²) in [6.45, 7) is 6.62. The maximum atomic E-state index is 15.3. The number of halogens is 3. The van der Waals surface area contributed by atoms with Crippen molar-refractivity contribution in [2.24, 2.45) is 7.05 Å². The van der Waals surface area contributed by atoms with Gasteiger partial charge in [-0.15, -0.1) is 5.10 Å². The Balaban J connectivity index is 2.14. The van der Waals surface area contributed by atoms with Gasteiger partial charge >= 0.3 is 5.69 Å². The number of nitrogens with zero attached hydrogens (tertiary/aromatic N) is 3. The Kier molecular flexibility index (Phi) is 7.66. The quantitative estimate of drug-likeness (QED) is 0.465. The minimum absolute atomic E-state index is 0.0136. The Morgan fingerprint density at radius 1 is 1.29 bits per heavy atom. The van der Waals surface area contributed by atoms with Gasteiger partial charge < -0.3 is 15.2 Å². The van der Waals surface area contributed by atoms with Crippen LogP contribution < -0.4 is 15.7 Å². The molecular formula is C24H27ClF2N4O4. The van der Waals surface area contributed by atoms with E-state index in [1.807, 2.05) is 6.92 Å². The van der Waals surface area contributed by atoms with Crippen molar-refractivity contribution in [2.45, 2.75) is 52.2 Å². The third-order valence-electron chi connectivity index (χ3n) is 5.27. The van der Waals surface area contributed by atoms with E-state index in [0.29, 0.717) is 6.42 Å². The summed E-state index contributed by atoms with van der Waals surface area (Å²) in [6, 6.07) is 5.98. The van der Waals surface area contributed by atoms with Crippen molar-refractivity contribution in [3.8, 4) is 11.4 Å². The second kappa shape index (κ2) is 10.2. The van der Waals surface area contributed by atoms with Crippen LogP contribution >= 0.6 is 11.6 Å². The zero-order valence-corrected chi connectivity index (χ0v) is 20.8. The molecule has 1 unspecified atom stereocenters. The number of para-hydroxylation sites is 1. The number of carbonyl (C=O) groups excluding carboxylic acids is 1. The molecule has 0 saturated heterocycles. The molecule has 0 aliphatic rings. The van der Waals surface area contributed by atoms with E-state index in [2.05, 4.69) is 10.4 Å². The van der Waals surface area contributed by atoms with Crippen molar-refractivity contribution in [3.63, 3.8) is 0 Å². The minimum atomic E-state index is -1.47. The van der Waals surface area contributed by atoms with E-state index >= 15 is 4.39 Å². The van der Waals surface area contributed by atoms with E-state index in [1.165, 1.54) is 39.1 Å². The Labute approximate surface area is 206 Å². The Morgan fingerprint density at radius 3 is 2.54 bits per heavy atom. The Bertz CT molecular complexity index is 1290. The van der Waals surface area contributed by atoms with Crippen LogP contribution in [0.1, 0.15) is 56.7 Å². The van der Waals surface area contributed by atoms with Crippen LogP contribution in [0.5, 0.6) is 5.75 Å². The molecular weight excluding hydrogens is 482 g/mol. The number of ether oxygens (including phenoxy) is 1. The highest BCUT2D eigenvalue weighted by Crippen LogP contribution is 2.30. The van der Waals surface area contributed by atoms with E-state index < -0.39 is 28.8 Å². The van der Waals surface area contributed by atoms with Crippen molar-refractivity contribution < 1.29 is 23.4 Å². The summed E-state index contributed by atoms with van der Waals surface area (Å²) in [5, 5.41) is 16.7. The average Bonchev–Trinajstić information content (AvgIpc) is 3.06. The monoisotopic (exact) mass is 508 g/mol. The Hall–Kier alpha value is -3.24. The smallest absolute Gasteiger partial charge is 0.350 e. The zero-order chi connectivity index (χ0) is 26.1. The topological polar surface area (TPSA) is 98.4 Å². The number of amides is 1. The molecule has 0 saturated carbocycles. The van der Waals surface area contributed by atoms with Crippen LogP contribution in [0.3, 0.4) is 0 Å². The minimum Gasteiger partial charge on any atom is -0.490 e. The lowest BCUT2D eigenvalue weighted by atomic mass is 10.1. The van der Waals surface area contributed by atoms with Crippen molar-refractivity contribution >= 4 is 23.2 Å². The van der Waals surface area contributed by atoms with Crippen LogP contribution in [0.15, 0.2) is 35.1 Å². The predicted molar refractivity (Wildman–Crippen MR) is 128 cm³/mol. The van der Waals surface area contributed by atoms with Gasteiger partial charge in [0.05, 0.1) is 22.4 Å². The third-order valence-corrected chi connectivity index (χ3v) is 5.59. The summed E-state index contributed by atoms with van der Waals surface area (Å²) in [4.78, 5) is 25.8. The lowest BCUT2D eigenvalue weighted by Crippen LogP contribution is -2.26. The lowest BCUT2D eigenvalue weighted by Gasteiger charge is -2.18. The van der Waals surface area contributed by atoms with Crippen LogP contribution in [0.2, 0.25) is 5.02 Å². The number of nitrogens with one attached hydrogen (secondary N) is 1. The van der Waals surface area contributed by atoms with Crippen LogP contribution in [-0.2, 0) is 12.6 Å². The largest absolute Gasteiger partial charge is 0.490 e.